The van der Waals surface area contributed by atoms with Crippen LogP contribution in [0.1, 0.15) is 26.3 Å². The van der Waals surface area contributed by atoms with Crippen molar-refractivity contribution in [3.05, 3.63) is 41.5 Å². The summed E-state index contributed by atoms with van der Waals surface area (Å²) in [5, 5.41) is 3.48. The molecule has 0 fully saturated rings. The molecule has 1 aromatic rings. The fourth-order valence-electron chi connectivity index (χ4n) is 1.87. The van der Waals surface area contributed by atoms with Gasteiger partial charge in [0.05, 0.1) is 7.11 Å². The minimum absolute atomic E-state index is 0.415. The van der Waals surface area contributed by atoms with Crippen molar-refractivity contribution in [3.63, 3.8) is 0 Å². The van der Waals surface area contributed by atoms with Crippen molar-refractivity contribution < 1.29 is 4.74 Å². The largest absolute Gasteiger partial charge is 0.497 e. The molecule has 2 nitrogen and oxygen atoms in total. The summed E-state index contributed by atoms with van der Waals surface area (Å²) in [6.07, 6.45) is 3.30. The van der Waals surface area contributed by atoms with E-state index in [4.69, 9.17) is 4.74 Å². The molecule has 0 aliphatic carbocycles. The van der Waals surface area contributed by atoms with Gasteiger partial charge in [0, 0.05) is 6.04 Å². The maximum atomic E-state index is 5.16. The second-order valence-corrected chi connectivity index (χ2v) is 4.46. The number of benzene rings is 1. The van der Waals surface area contributed by atoms with E-state index in [2.05, 4.69) is 44.3 Å². The number of hydrogen-bond acceptors (Lipinski definition) is 2. The van der Waals surface area contributed by atoms with Crippen molar-refractivity contribution in [2.75, 3.05) is 13.7 Å². The highest BCUT2D eigenvalue weighted by Crippen LogP contribution is 2.13. The smallest absolute Gasteiger partial charge is 0.118 e. The van der Waals surface area contributed by atoms with Crippen molar-refractivity contribution >= 4 is 0 Å². The van der Waals surface area contributed by atoms with Gasteiger partial charge in [0.25, 0.3) is 0 Å². The Bertz CT molecular complexity index is 350. The Labute approximate surface area is 105 Å². The number of ether oxygens (including phenoxy) is 1. The Morgan fingerprint density at radius 3 is 2.41 bits per heavy atom. The average molecular weight is 233 g/mol. The number of nitrogens with one attached hydrogen (secondary N) is 1. The quantitative estimate of drug-likeness (QED) is 0.762. The third kappa shape index (κ3) is 5.05. The van der Waals surface area contributed by atoms with Crippen LogP contribution in [0.2, 0.25) is 0 Å². The van der Waals surface area contributed by atoms with Crippen molar-refractivity contribution in [2.45, 2.75) is 33.2 Å². The molecule has 1 atom stereocenters. The van der Waals surface area contributed by atoms with Crippen LogP contribution in [-0.4, -0.2) is 19.7 Å². The summed E-state index contributed by atoms with van der Waals surface area (Å²) in [7, 11) is 1.69. The SMILES string of the molecule is CCNC(C=C(C)C)Cc1ccc(OC)cc1. The van der Waals surface area contributed by atoms with E-state index >= 15 is 0 Å². The molecule has 17 heavy (non-hydrogen) atoms. The van der Waals surface area contributed by atoms with Crippen LogP contribution >= 0.6 is 0 Å². The van der Waals surface area contributed by atoms with Crippen LogP contribution in [-0.2, 0) is 6.42 Å². The van der Waals surface area contributed by atoms with Gasteiger partial charge in [-0.15, -0.1) is 0 Å². The van der Waals surface area contributed by atoms with Crippen molar-refractivity contribution in [2.24, 2.45) is 0 Å². The standard InChI is InChI=1S/C15H23NO/c1-5-16-14(10-12(2)3)11-13-6-8-15(17-4)9-7-13/h6-10,14,16H,5,11H2,1-4H3. The summed E-state index contributed by atoms with van der Waals surface area (Å²) in [5.74, 6) is 0.913. The van der Waals surface area contributed by atoms with Gasteiger partial charge < -0.3 is 10.1 Å². The number of methoxy groups -OCH3 is 1. The summed E-state index contributed by atoms with van der Waals surface area (Å²) < 4.78 is 5.16. The van der Waals surface area contributed by atoms with Gasteiger partial charge in [-0.3, -0.25) is 0 Å². The third-order valence-electron chi connectivity index (χ3n) is 2.62. The maximum Gasteiger partial charge on any atom is 0.118 e. The molecule has 0 spiro atoms. The fraction of sp³-hybridized carbons (Fsp3) is 0.467. The minimum atomic E-state index is 0.415. The average Bonchev–Trinajstić information content (AvgIpc) is 2.29. The molecule has 1 rings (SSSR count). The fourth-order valence-corrected chi connectivity index (χ4v) is 1.87. The highest BCUT2D eigenvalue weighted by atomic mass is 16.5. The van der Waals surface area contributed by atoms with Crippen LogP contribution in [0.15, 0.2) is 35.9 Å². The first kappa shape index (κ1) is 13.8. The van der Waals surface area contributed by atoms with Crippen molar-refractivity contribution in [1.82, 2.24) is 5.32 Å². The van der Waals surface area contributed by atoms with E-state index in [9.17, 15) is 0 Å². The molecule has 0 bridgehead atoms. The topological polar surface area (TPSA) is 21.3 Å². The van der Waals surface area contributed by atoms with E-state index in [-0.39, 0.29) is 0 Å². The molecule has 0 aromatic heterocycles. The van der Waals surface area contributed by atoms with Gasteiger partial charge in [0.2, 0.25) is 0 Å². The van der Waals surface area contributed by atoms with Crippen LogP contribution in [0, 0.1) is 0 Å². The first-order valence-corrected chi connectivity index (χ1v) is 6.17. The van der Waals surface area contributed by atoms with Gasteiger partial charge >= 0.3 is 0 Å². The van der Waals surface area contributed by atoms with Gasteiger partial charge in [-0.2, -0.15) is 0 Å². The molecule has 0 saturated carbocycles. The molecule has 94 valence electrons. The molecule has 1 unspecified atom stereocenters. The molecule has 0 heterocycles. The van der Waals surface area contributed by atoms with E-state index in [0.717, 1.165) is 18.7 Å². The van der Waals surface area contributed by atoms with Crippen molar-refractivity contribution in [3.8, 4) is 5.75 Å². The summed E-state index contributed by atoms with van der Waals surface area (Å²) >= 11 is 0. The van der Waals surface area contributed by atoms with Crippen LogP contribution < -0.4 is 10.1 Å². The number of hydrogen-bond donors (Lipinski definition) is 1. The molecule has 1 N–H and O–H groups in total. The van der Waals surface area contributed by atoms with Gasteiger partial charge in [0.1, 0.15) is 5.75 Å². The first-order valence-electron chi connectivity index (χ1n) is 6.17. The predicted molar refractivity (Wildman–Crippen MR) is 73.6 cm³/mol. The van der Waals surface area contributed by atoms with E-state index in [1.54, 1.807) is 7.11 Å². The molecule has 0 aliphatic rings. The number of rotatable bonds is 6. The summed E-state index contributed by atoms with van der Waals surface area (Å²) in [4.78, 5) is 0. The number of likely N-dealkylation sites (N-methyl/N-ethyl adjacent to an activating group) is 1. The molecular weight excluding hydrogens is 210 g/mol. The van der Waals surface area contributed by atoms with Crippen LogP contribution in [0.5, 0.6) is 5.75 Å². The van der Waals surface area contributed by atoms with Gasteiger partial charge in [-0.1, -0.05) is 30.7 Å². The molecule has 0 saturated heterocycles. The Morgan fingerprint density at radius 1 is 1.29 bits per heavy atom. The maximum absolute atomic E-state index is 5.16. The zero-order valence-corrected chi connectivity index (χ0v) is 11.3. The summed E-state index contributed by atoms with van der Waals surface area (Å²) in [5.41, 5.74) is 2.68. The monoisotopic (exact) mass is 233 g/mol. The van der Waals surface area contributed by atoms with Crippen LogP contribution in [0.3, 0.4) is 0 Å². The first-order chi connectivity index (χ1) is 8.15. The van der Waals surface area contributed by atoms with Gasteiger partial charge in [-0.25, -0.2) is 0 Å². The third-order valence-corrected chi connectivity index (χ3v) is 2.62. The highest BCUT2D eigenvalue weighted by Gasteiger charge is 2.05. The Balaban J connectivity index is 2.68. The minimum Gasteiger partial charge on any atom is -0.497 e. The zero-order valence-electron chi connectivity index (χ0n) is 11.3. The Hall–Kier alpha value is -1.28. The summed E-state index contributed by atoms with van der Waals surface area (Å²) in [6, 6.07) is 8.70. The van der Waals surface area contributed by atoms with E-state index in [1.165, 1.54) is 11.1 Å². The Kier molecular flexibility index (Phi) is 5.78. The second-order valence-electron chi connectivity index (χ2n) is 4.46. The molecule has 0 amide bonds. The molecule has 1 aromatic carbocycles. The second kappa shape index (κ2) is 7.13. The normalized spacial score (nSPS) is 12.0. The van der Waals surface area contributed by atoms with Crippen LogP contribution in [0.25, 0.3) is 0 Å². The summed E-state index contributed by atoms with van der Waals surface area (Å²) in [6.45, 7) is 7.40. The van der Waals surface area contributed by atoms with E-state index in [1.807, 2.05) is 12.1 Å². The lowest BCUT2D eigenvalue weighted by Crippen LogP contribution is -2.29. The highest BCUT2D eigenvalue weighted by molar-refractivity contribution is 5.28. The van der Waals surface area contributed by atoms with Crippen LogP contribution in [0.4, 0.5) is 0 Å². The van der Waals surface area contributed by atoms with E-state index in [0.29, 0.717) is 6.04 Å². The Morgan fingerprint density at radius 2 is 1.94 bits per heavy atom. The van der Waals surface area contributed by atoms with Gasteiger partial charge in [-0.05, 0) is 44.5 Å². The van der Waals surface area contributed by atoms with Gasteiger partial charge in [0.15, 0.2) is 0 Å². The predicted octanol–water partition coefficient (Wildman–Crippen LogP) is 3.18. The lowest BCUT2D eigenvalue weighted by Gasteiger charge is -2.15. The van der Waals surface area contributed by atoms with Crippen molar-refractivity contribution in [1.29, 1.82) is 0 Å². The molecule has 2 heteroatoms. The zero-order chi connectivity index (χ0) is 12.7. The van der Waals surface area contributed by atoms with E-state index < -0.39 is 0 Å². The molecule has 0 aliphatic heterocycles. The lowest BCUT2D eigenvalue weighted by molar-refractivity contribution is 0.414. The molecular formula is C15H23NO. The molecule has 0 radical (unpaired) electrons. The number of allylic oxidation sites excluding steroid dienone is 1. The lowest BCUT2D eigenvalue weighted by atomic mass is 10.0.